The molecule has 0 aromatic rings. The fourth-order valence-electron chi connectivity index (χ4n) is 2.10. The third kappa shape index (κ3) is 1.78. The lowest BCUT2D eigenvalue weighted by Gasteiger charge is -2.33. The molecule has 3 atom stereocenters. The van der Waals surface area contributed by atoms with Gasteiger partial charge < -0.3 is 5.11 Å². The van der Waals surface area contributed by atoms with E-state index in [4.69, 9.17) is 0 Å². The standard InChI is InChI=1S/C11H18O/c1-4-9-10(8(2)3)6-5-7-11(9)12/h4,9-12H,1-2,5-7H2,3H3/t9-,10-,11+/m0/s1. The Bertz CT molecular complexity index is 183. The van der Waals surface area contributed by atoms with E-state index in [1.54, 1.807) is 0 Å². The van der Waals surface area contributed by atoms with Crippen LogP contribution in [0.4, 0.5) is 0 Å². The maximum atomic E-state index is 9.68. The van der Waals surface area contributed by atoms with E-state index in [1.165, 1.54) is 5.57 Å². The molecule has 1 rings (SSSR count). The average molecular weight is 166 g/mol. The van der Waals surface area contributed by atoms with Crippen molar-refractivity contribution in [1.82, 2.24) is 0 Å². The highest BCUT2D eigenvalue weighted by Gasteiger charge is 2.29. The lowest BCUT2D eigenvalue weighted by Crippen LogP contribution is -2.31. The van der Waals surface area contributed by atoms with Crippen molar-refractivity contribution in [1.29, 1.82) is 0 Å². The van der Waals surface area contributed by atoms with Gasteiger partial charge in [0.05, 0.1) is 6.10 Å². The van der Waals surface area contributed by atoms with Crippen molar-refractivity contribution < 1.29 is 5.11 Å². The van der Waals surface area contributed by atoms with Crippen LogP contribution in [0.25, 0.3) is 0 Å². The minimum absolute atomic E-state index is 0.196. The summed E-state index contributed by atoms with van der Waals surface area (Å²) in [6.45, 7) is 9.76. The first-order chi connectivity index (χ1) is 5.66. The molecule has 0 aromatic carbocycles. The first kappa shape index (κ1) is 9.53. The molecule has 0 unspecified atom stereocenters. The normalized spacial score (nSPS) is 36.0. The van der Waals surface area contributed by atoms with Crippen LogP contribution in [0.5, 0.6) is 0 Å². The summed E-state index contributed by atoms with van der Waals surface area (Å²) in [6, 6.07) is 0. The molecule has 0 saturated heterocycles. The van der Waals surface area contributed by atoms with Crippen molar-refractivity contribution in [3.05, 3.63) is 24.8 Å². The third-order valence-electron chi connectivity index (χ3n) is 2.83. The summed E-state index contributed by atoms with van der Waals surface area (Å²) in [5.74, 6) is 0.683. The van der Waals surface area contributed by atoms with Gasteiger partial charge in [-0.15, -0.1) is 6.58 Å². The highest BCUT2D eigenvalue weighted by atomic mass is 16.3. The van der Waals surface area contributed by atoms with E-state index >= 15 is 0 Å². The second kappa shape index (κ2) is 3.90. The minimum atomic E-state index is -0.196. The monoisotopic (exact) mass is 166 g/mol. The van der Waals surface area contributed by atoms with Gasteiger partial charge in [-0.05, 0) is 25.7 Å². The molecule has 1 aliphatic rings. The molecule has 0 bridgehead atoms. The Kier molecular flexibility index (Phi) is 3.10. The quantitative estimate of drug-likeness (QED) is 0.625. The van der Waals surface area contributed by atoms with Gasteiger partial charge in [-0.3, -0.25) is 0 Å². The SMILES string of the molecule is C=C[C@@H]1[C@H](O)CCC[C@H]1C(=C)C. The summed E-state index contributed by atoms with van der Waals surface area (Å²) in [6.07, 6.45) is 4.87. The molecule has 68 valence electrons. The molecule has 1 aliphatic carbocycles. The number of aliphatic hydroxyl groups is 1. The van der Waals surface area contributed by atoms with Crippen LogP contribution in [-0.2, 0) is 0 Å². The number of hydrogen-bond acceptors (Lipinski definition) is 1. The first-order valence-electron chi connectivity index (χ1n) is 4.63. The van der Waals surface area contributed by atoms with Crippen molar-refractivity contribution in [2.75, 3.05) is 0 Å². The number of rotatable bonds is 2. The highest BCUT2D eigenvalue weighted by Crippen LogP contribution is 2.34. The minimum Gasteiger partial charge on any atom is -0.392 e. The predicted molar refractivity (Wildman–Crippen MR) is 51.8 cm³/mol. The maximum Gasteiger partial charge on any atom is 0.0608 e. The van der Waals surface area contributed by atoms with Crippen molar-refractivity contribution in [2.24, 2.45) is 11.8 Å². The van der Waals surface area contributed by atoms with E-state index < -0.39 is 0 Å². The summed E-state index contributed by atoms with van der Waals surface area (Å²) in [4.78, 5) is 0. The molecule has 0 radical (unpaired) electrons. The predicted octanol–water partition coefficient (Wildman–Crippen LogP) is 2.53. The van der Waals surface area contributed by atoms with Gasteiger partial charge >= 0.3 is 0 Å². The molecule has 1 fully saturated rings. The Labute approximate surface area is 74.8 Å². The second-order valence-corrected chi connectivity index (χ2v) is 3.76. The highest BCUT2D eigenvalue weighted by molar-refractivity contribution is 5.06. The Balaban J connectivity index is 2.70. The Morgan fingerprint density at radius 3 is 2.58 bits per heavy atom. The van der Waals surface area contributed by atoms with Gasteiger partial charge in [0, 0.05) is 5.92 Å². The van der Waals surface area contributed by atoms with E-state index in [1.807, 2.05) is 13.0 Å². The molecule has 0 spiro atoms. The smallest absolute Gasteiger partial charge is 0.0608 e. The Morgan fingerprint density at radius 2 is 2.17 bits per heavy atom. The molecule has 1 saturated carbocycles. The van der Waals surface area contributed by atoms with Crippen molar-refractivity contribution in [2.45, 2.75) is 32.3 Å². The second-order valence-electron chi connectivity index (χ2n) is 3.76. The van der Waals surface area contributed by atoms with Gasteiger partial charge in [-0.1, -0.05) is 24.6 Å². The molecule has 12 heavy (non-hydrogen) atoms. The molecule has 0 aliphatic heterocycles. The zero-order valence-electron chi connectivity index (χ0n) is 7.79. The Hall–Kier alpha value is -0.560. The van der Waals surface area contributed by atoms with Crippen LogP contribution in [0.1, 0.15) is 26.2 Å². The molecular weight excluding hydrogens is 148 g/mol. The summed E-state index contributed by atoms with van der Waals surface area (Å²) < 4.78 is 0. The molecule has 0 amide bonds. The van der Waals surface area contributed by atoms with Crippen LogP contribution < -0.4 is 0 Å². The van der Waals surface area contributed by atoms with Crippen LogP contribution in [0.2, 0.25) is 0 Å². The van der Waals surface area contributed by atoms with Gasteiger partial charge in [0.2, 0.25) is 0 Å². The van der Waals surface area contributed by atoms with E-state index in [-0.39, 0.29) is 12.0 Å². The van der Waals surface area contributed by atoms with Gasteiger partial charge in [-0.25, -0.2) is 0 Å². The van der Waals surface area contributed by atoms with Gasteiger partial charge in [-0.2, -0.15) is 0 Å². The van der Waals surface area contributed by atoms with E-state index in [9.17, 15) is 5.11 Å². The molecule has 1 nitrogen and oxygen atoms in total. The molecule has 0 aromatic heterocycles. The van der Waals surface area contributed by atoms with E-state index in [0.717, 1.165) is 19.3 Å². The fourth-order valence-corrected chi connectivity index (χ4v) is 2.10. The molecule has 1 heteroatoms. The topological polar surface area (TPSA) is 20.2 Å². The van der Waals surface area contributed by atoms with Crippen LogP contribution in [0.3, 0.4) is 0 Å². The zero-order valence-corrected chi connectivity index (χ0v) is 7.79. The van der Waals surface area contributed by atoms with E-state index in [0.29, 0.717) is 5.92 Å². The average Bonchev–Trinajstić information content (AvgIpc) is 2.03. The number of aliphatic hydroxyl groups excluding tert-OH is 1. The van der Waals surface area contributed by atoms with Crippen LogP contribution >= 0.6 is 0 Å². The Morgan fingerprint density at radius 1 is 1.50 bits per heavy atom. The van der Waals surface area contributed by atoms with Crippen molar-refractivity contribution in [3.8, 4) is 0 Å². The van der Waals surface area contributed by atoms with Gasteiger partial charge in [0.15, 0.2) is 0 Å². The lowest BCUT2D eigenvalue weighted by atomic mass is 9.74. The van der Waals surface area contributed by atoms with Gasteiger partial charge in [0.1, 0.15) is 0 Å². The first-order valence-corrected chi connectivity index (χ1v) is 4.63. The van der Waals surface area contributed by atoms with Crippen LogP contribution in [0, 0.1) is 11.8 Å². The maximum absolute atomic E-state index is 9.68. The number of hydrogen-bond donors (Lipinski definition) is 1. The third-order valence-corrected chi connectivity index (χ3v) is 2.83. The fraction of sp³-hybridized carbons (Fsp3) is 0.636. The summed E-state index contributed by atoms with van der Waals surface area (Å²) in [5, 5.41) is 9.68. The lowest BCUT2D eigenvalue weighted by molar-refractivity contribution is 0.0687. The van der Waals surface area contributed by atoms with Crippen molar-refractivity contribution >= 4 is 0 Å². The van der Waals surface area contributed by atoms with Crippen molar-refractivity contribution in [3.63, 3.8) is 0 Å². The molecular formula is C11H18O. The van der Waals surface area contributed by atoms with Crippen LogP contribution in [-0.4, -0.2) is 11.2 Å². The molecule has 1 N–H and O–H groups in total. The summed E-state index contributed by atoms with van der Waals surface area (Å²) in [5.41, 5.74) is 1.18. The van der Waals surface area contributed by atoms with Gasteiger partial charge in [0.25, 0.3) is 0 Å². The summed E-state index contributed by atoms with van der Waals surface area (Å²) >= 11 is 0. The molecule has 0 heterocycles. The largest absolute Gasteiger partial charge is 0.392 e. The van der Waals surface area contributed by atoms with E-state index in [2.05, 4.69) is 13.2 Å². The number of allylic oxidation sites excluding steroid dienone is 1. The zero-order chi connectivity index (χ0) is 9.14. The summed E-state index contributed by atoms with van der Waals surface area (Å²) in [7, 11) is 0. The van der Waals surface area contributed by atoms with Crippen LogP contribution in [0.15, 0.2) is 24.8 Å².